The highest BCUT2D eigenvalue weighted by atomic mass is 32.2. The average molecular weight is 421 g/mol. The van der Waals surface area contributed by atoms with Crippen LogP contribution in [0.1, 0.15) is 6.92 Å². The predicted molar refractivity (Wildman–Crippen MR) is 111 cm³/mol. The summed E-state index contributed by atoms with van der Waals surface area (Å²) in [5.41, 5.74) is 1.25. The molecule has 0 fully saturated rings. The summed E-state index contributed by atoms with van der Waals surface area (Å²) in [4.78, 5) is 23.5. The highest BCUT2D eigenvalue weighted by Gasteiger charge is 2.24. The van der Waals surface area contributed by atoms with Gasteiger partial charge in [-0.15, -0.1) is 0 Å². The molecule has 0 atom stereocenters. The zero-order valence-electron chi connectivity index (χ0n) is 16.6. The molecule has 0 heterocycles. The second kappa shape index (κ2) is 9.28. The van der Waals surface area contributed by atoms with Gasteiger partial charge in [0.2, 0.25) is 21.8 Å². The molecule has 0 aliphatic carbocycles. The summed E-state index contributed by atoms with van der Waals surface area (Å²) in [6, 6.07) is 11.1. The number of rotatable bonds is 8. The number of sulfonamides is 1. The van der Waals surface area contributed by atoms with E-state index in [1.54, 1.807) is 30.3 Å². The highest BCUT2D eigenvalue weighted by molar-refractivity contribution is 7.92. The van der Waals surface area contributed by atoms with Gasteiger partial charge < -0.3 is 20.1 Å². The Morgan fingerprint density at radius 3 is 2.03 bits per heavy atom. The van der Waals surface area contributed by atoms with Crippen molar-refractivity contribution in [2.45, 2.75) is 6.92 Å². The van der Waals surface area contributed by atoms with Crippen molar-refractivity contribution >= 4 is 38.9 Å². The van der Waals surface area contributed by atoms with Crippen LogP contribution in [-0.2, 0) is 19.6 Å². The molecule has 0 saturated heterocycles. The SMILES string of the molecule is COc1ccc(N(CC(=O)Nc2ccc(NC(C)=O)cc2)S(C)(=O)=O)c(OC)c1. The maximum absolute atomic E-state index is 12.5. The van der Waals surface area contributed by atoms with Gasteiger partial charge in [-0.2, -0.15) is 0 Å². The van der Waals surface area contributed by atoms with Gasteiger partial charge in [0.25, 0.3) is 0 Å². The Balaban J connectivity index is 2.21. The van der Waals surface area contributed by atoms with E-state index >= 15 is 0 Å². The minimum atomic E-state index is -3.77. The van der Waals surface area contributed by atoms with Crippen LogP contribution in [0.2, 0.25) is 0 Å². The zero-order valence-corrected chi connectivity index (χ0v) is 17.4. The van der Waals surface area contributed by atoms with Crippen LogP contribution in [0.25, 0.3) is 0 Å². The van der Waals surface area contributed by atoms with Crippen LogP contribution in [0.4, 0.5) is 17.1 Å². The van der Waals surface area contributed by atoms with Crippen molar-refractivity contribution in [2.24, 2.45) is 0 Å². The molecule has 0 aromatic heterocycles. The molecule has 2 aromatic rings. The maximum atomic E-state index is 12.5. The standard InChI is InChI=1S/C19H23N3O6S/c1-13(23)20-14-5-7-15(8-6-14)21-19(24)12-22(29(4,25)26)17-10-9-16(27-2)11-18(17)28-3/h5-11H,12H2,1-4H3,(H,20,23)(H,21,24). The molecule has 2 rings (SSSR count). The number of benzene rings is 2. The minimum absolute atomic E-state index is 0.209. The van der Waals surface area contributed by atoms with Gasteiger partial charge in [-0.3, -0.25) is 13.9 Å². The van der Waals surface area contributed by atoms with Gasteiger partial charge >= 0.3 is 0 Å². The molecule has 0 bridgehead atoms. The molecule has 0 saturated carbocycles. The number of anilines is 3. The normalized spacial score (nSPS) is 10.8. The second-order valence-electron chi connectivity index (χ2n) is 6.11. The van der Waals surface area contributed by atoms with Crippen LogP contribution < -0.4 is 24.4 Å². The predicted octanol–water partition coefficient (Wildman–Crippen LogP) is 2.07. The molecule has 9 nitrogen and oxygen atoms in total. The second-order valence-corrected chi connectivity index (χ2v) is 8.02. The number of ether oxygens (including phenoxy) is 2. The zero-order chi connectivity index (χ0) is 21.6. The number of methoxy groups -OCH3 is 2. The van der Waals surface area contributed by atoms with Gasteiger partial charge in [-0.05, 0) is 36.4 Å². The van der Waals surface area contributed by atoms with Gasteiger partial charge in [0, 0.05) is 24.4 Å². The molecule has 0 radical (unpaired) electrons. The summed E-state index contributed by atoms with van der Waals surface area (Å²) in [5.74, 6) is -0.00964. The third-order valence-corrected chi connectivity index (χ3v) is 4.96. The number of hydrogen-bond donors (Lipinski definition) is 2. The van der Waals surface area contributed by atoms with Crippen molar-refractivity contribution in [3.63, 3.8) is 0 Å². The van der Waals surface area contributed by atoms with Crippen molar-refractivity contribution < 1.29 is 27.5 Å². The Hall–Kier alpha value is -3.27. The van der Waals surface area contributed by atoms with Crippen molar-refractivity contribution in [1.82, 2.24) is 0 Å². The summed E-state index contributed by atoms with van der Waals surface area (Å²) < 4.78 is 35.9. The Bertz CT molecular complexity index is 990. The van der Waals surface area contributed by atoms with E-state index in [2.05, 4.69) is 10.6 Å². The first-order valence-corrected chi connectivity index (χ1v) is 10.4. The Morgan fingerprint density at radius 1 is 0.966 bits per heavy atom. The number of nitrogens with zero attached hydrogens (tertiary/aromatic N) is 1. The van der Waals surface area contributed by atoms with Crippen molar-refractivity contribution in [3.8, 4) is 11.5 Å². The van der Waals surface area contributed by atoms with E-state index in [1.165, 1.54) is 33.3 Å². The molecule has 2 N–H and O–H groups in total. The fraction of sp³-hybridized carbons (Fsp3) is 0.263. The monoisotopic (exact) mass is 421 g/mol. The van der Waals surface area contributed by atoms with Gasteiger partial charge in [-0.25, -0.2) is 8.42 Å². The Labute approximate surface area is 169 Å². The van der Waals surface area contributed by atoms with Crippen molar-refractivity contribution in [2.75, 3.05) is 42.0 Å². The van der Waals surface area contributed by atoms with Gasteiger partial charge in [0.05, 0.1) is 26.2 Å². The summed E-state index contributed by atoms with van der Waals surface area (Å²) in [7, 11) is -0.896. The molecular weight excluding hydrogens is 398 g/mol. The van der Waals surface area contributed by atoms with Crippen LogP contribution in [0.15, 0.2) is 42.5 Å². The summed E-state index contributed by atoms with van der Waals surface area (Å²) >= 11 is 0. The van der Waals surface area contributed by atoms with Crippen LogP contribution in [0.5, 0.6) is 11.5 Å². The average Bonchev–Trinajstić information content (AvgIpc) is 2.66. The maximum Gasteiger partial charge on any atom is 0.245 e. The lowest BCUT2D eigenvalue weighted by Crippen LogP contribution is -2.37. The largest absolute Gasteiger partial charge is 0.497 e. The molecule has 10 heteroatoms. The molecule has 156 valence electrons. The topological polar surface area (TPSA) is 114 Å². The smallest absolute Gasteiger partial charge is 0.245 e. The quantitative estimate of drug-likeness (QED) is 0.674. The number of carbonyl (C=O) groups excluding carboxylic acids is 2. The lowest BCUT2D eigenvalue weighted by atomic mass is 10.2. The highest BCUT2D eigenvalue weighted by Crippen LogP contribution is 2.33. The number of nitrogens with one attached hydrogen (secondary N) is 2. The fourth-order valence-electron chi connectivity index (χ4n) is 2.54. The van der Waals surface area contributed by atoms with E-state index in [0.717, 1.165) is 10.6 Å². The summed E-state index contributed by atoms with van der Waals surface area (Å²) in [6.07, 6.45) is 1.01. The van der Waals surface area contributed by atoms with Gasteiger partial charge in [0.15, 0.2) is 0 Å². The van der Waals surface area contributed by atoms with Gasteiger partial charge in [0.1, 0.15) is 18.0 Å². The molecule has 0 unspecified atom stereocenters. The summed E-state index contributed by atoms with van der Waals surface area (Å²) in [6.45, 7) is 0.942. The first kappa shape index (κ1) is 22.0. The third kappa shape index (κ3) is 6.11. The molecule has 0 aliphatic heterocycles. The van der Waals surface area contributed by atoms with E-state index in [4.69, 9.17) is 9.47 Å². The number of carbonyl (C=O) groups is 2. The van der Waals surface area contributed by atoms with Crippen molar-refractivity contribution in [1.29, 1.82) is 0 Å². The number of amides is 2. The van der Waals surface area contributed by atoms with Crippen LogP contribution in [-0.4, -0.2) is 47.3 Å². The van der Waals surface area contributed by atoms with E-state index in [-0.39, 0.29) is 17.3 Å². The molecule has 2 aromatic carbocycles. The molecule has 29 heavy (non-hydrogen) atoms. The third-order valence-electron chi connectivity index (χ3n) is 3.83. The molecule has 0 aliphatic rings. The van der Waals surface area contributed by atoms with Gasteiger partial charge in [-0.1, -0.05) is 0 Å². The van der Waals surface area contributed by atoms with E-state index in [0.29, 0.717) is 17.1 Å². The van der Waals surface area contributed by atoms with Crippen LogP contribution in [0, 0.1) is 0 Å². The van der Waals surface area contributed by atoms with E-state index in [1.807, 2.05) is 0 Å². The van der Waals surface area contributed by atoms with Crippen LogP contribution >= 0.6 is 0 Å². The minimum Gasteiger partial charge on any atom is -0.497 e. The number of hydrogen-bond acceptors (Lipinski definition) is 6. The first-order chi connectivity index (χ1) is 13.6. The van der Waals surface area contributed by atoms with E-state index in [9.17, 15) is 18.0 Å². The molecule has 2 amide bonds. The molecular formula is C19H23N3O6S. The van der Waals surface area contributed by atoms with Crippen LogP contribution in [0.3, 0.4) is 0 Å². The lowest BCUT2D eigenvalue weighted by Gasteiger charge is -2.24. The fourth-order valence-corrected chi connectivity index (χ4v) is 3.40. The summed E-state index contributed by atoms with van der Waals surface area (Å²) in [5, 5.41) is 5.25. The first-order valence-electron chi connectivity index (χ1n) is 8.51. The van der Waals surface area contributed by atoms with E-state index < -0.39 is 22.5 Å². The molecule has 0 spiro atoms. The Morgan fingerprint density at radius 2 is 1.55 bits per heavy atom. The Kier molecular flexibility index (Phi) is 7.05. The lowest BCUT2D eigenvalue weighted by molar-refractivity contribution is -0.115. The van der Waals surface area contributed by atoms with Crippen molar-refractivity contribution in [3.05, 3.63) is 42.5 Å².